The largest absolute Gasteiger partial charge is 0.486 e. The molecular formula is C24H27N3O5. The summed E-state index contributed by atoms with van der Waals surface area (Å²) in [5.41, 5.74) is 2.52. The number of urea groups is 1. The minimum absolute atomic E-state index is 0.258. The van der Waals surface area contributed by atoms with E-state index < -0.39 is 23.4 Å². The summed E-state index contributed by atoms with van der Waals surface area (Å²) >= 11 is 0. The molecule has 2 atom stereocenters. The molecule has 168 valence electrons. The number of aryl methyl sites for hydroxylation is 2. The minimum Gasteiger partial charge on any atom is -0.486 e. The topological polar surface area (TPSA) is 97.0 Å². The number of fused-ring (bicyclic) bond motifs is 1. The SMILES string of the molecule is Cc1ccc(C(C)NC(=O)CN2C(=O)NC(C)(c3ccc4c(c3)OCCO4)C2=O)cc1C. The van der Waals surface area contributed by atoms with Crippen LogP contribution in [-0.4, -0.2) is 42.5 Å². The van der Waals surface area contributed by atoms with Crippen molar-refractivity contribution < 1.29 is 23.9 Å². The molecule has 2 aromatic rings. The molecule has 4 amide bonds. The molecule has 2 aliphatic rings. The van der Waals surface area contributed by atoms with Crippen LogP contribution in [0.1, 0.15) is 42.1 Å². The molecule has 8 heteroatoms. The predicted octanol–water partition coefficient (Wildman–Crippen LogP) is 2.72. The first-order chi connectivity index (χ1) is 15.2. The van der Waals surface area contributed by atoms with Crippen molar-refractivity contribution in [1.82, 2.24) is 15.5 Å². The second-order valence-corrected chi connectivity index (χ2v) is 8.44. The molecule has 1 saturated heterocycles. The quantitative estimate of drug-likeness (QED) is 0.701. The van der Waals surface area contributed by atoms with Gasteiger partial charge < -0.3 is 20.1 Å². The summed E-state index contributed by atoms with van der Waals surface area (Å²) in [6.07, 6.45) is 0. The molecule has 0 aliphatic carbocycles. The molecule has 2 aliphatic heterocycles. The summed E-state index contributed by atoms with van der Waals surface area (Å²) in [6, 6.07) is 10.2. The molecule has 0 radical (unpaired) electrons. The van der Waals surface area contributed by atoms with Crippen molar-refractivity contribution in [2.24, 2.45) is 0 Å². The van der Waals surface area contributed by atoms with Crippen molar-refractivity contribution in [3.05, 3.63) is 58.7 Å². The first kappa shape index (κ1) is 21.7. The Morgan fingerprint density at radius 1 is 1.09 bits per heavy atom. The van der Waals surface area contributed by atoms with Gasteiger partial charge in [-0.15, -0.1) is 0 Å². The Bertz CT molecular complexity index is 1100. The zero-order valence-electron chi connectivity index (χ0n) is 18.7. The van der Waals surface area contributed by atoms with Crippen LogP contribution in [-0.2, 0) is 15.1 Å². The Hall–Kier alpha value is -3.55. The van der Waals surface area contributed by atoms with E-state index in [1.807, 2.05) is 39.0 Å². The van der Waals surface area contributed by atoms with E-state index in [1.54, 1.807) is 25.1 Å². The average Bonchev–Trinajstić information content (AvgIpc) is 2.99. The zero-order chi connectivity index (χ0) is 23.0. The molecule has 0 bridgehead atoms. The molecule has 1 fully saturated rings. The van der Waals surface area contributed by atoms with E-state index in [0.717, 1.165) is 16.0 Å². The Kier molecular flexibility index (Phi) is 5.54. The molecule has 2 unspecified atom stereocenters. The van der Waals surface area contributed by atoms with Crippen LogP contribution < -0.4 is 20.1 Å². The van der Waals surface area contributed by atoms with Crippen LogP contribution in [0.4, 0.5) is 4.79 Å². The molecule has 0 saturated carbocycles. The van der Waals surface area contributed by atoms with Crippen LogP contribution in [0.25, 0.3) is 0 Å². The Balaban J connectivity index is 1.46. The van der Waals surface area contributed by atoms with E-state index in [0.29, 0.717) is 30.3 Å². The Labute approximate surface area is 186 Å². The summed E-state index contributed by atoms with van der Waals surface area (Å²) in [6.45, 7) is 8.04. The average molecular weight is 437 g/mol. The van der Waals surface area contributed by atoms with Gasteiger partial charge in [0.1, 0.15) is 25.3 Å². The number of rotatable bonds is 5. The van der Waals surface area contributed by atoms with Crippen LogP contribution >= 0.6 is 0 Å². The Morgan fingerprint density at radius 2 is 1.81 bits per heavy atom. The van der Waals surface area contributed by atoms with Crippen molar-refractivity contribution in [2.75, 3.05) is 19.8 Å². The number of carbonyl (C=O) groups excluding carboxylic acids is 3. The number of hydrogen-bond donors (Lipinski definition) is 2. The fourth-order valence-corrected chi connectivity index (χ4v) is 3.94. The first-order valence-corrected chi connectivity index (χ1v) is 10.6. The van der Waals surface area contributed by atoms with Gasteiger partial charge in [-0.05, 0) is 62.1 Å². The van der Waals surface area contributed by atoms with Gasteiger partial charge in [-0.25, -0.2) is 4.79 Å². The fourth-order valence-electron chi connectivity index (χ4n) is 3.94. The molecular weight excluding hydrogens is 410 g/mol. The van der Waals surface area contributed by atoms with Crippen molar-refractivity contribution in [3.8, 4) is 11.5 Å². The second-order valence-electron chi connectivity index (χ2n) is 8.44. The van der Waals surface area contributed by atoms with E-state index in [4.69, 9.17) is 9.47 Å². The highest BCUT2D eigenvalue weighted by molar-refractivity contribution is 6.09. The predicted molar refractivity (Wildman–Crippen MR) is 118 cm³/mol. The summed E-state index contributed by atoms with van der Waals surface area (Å²) < 4.78 is 11.1. The van der Waals surface area contributed by atoms with E-state index in [-0.39, 0.29) is 12.6 Å². The molecule has 2 aromatic carbocycles. The zero-order valence-corrected chi connectivity index (χ0v) is 18.7. The van der Waals surface area contributed by atoms with Crippen LogP contribution in [0.5, 0.6) is 11.5 Å². The smallest absolute Gasteiger partial charge is 0.325 e. The third-order valence-corrected chi connectivity index (χ3v) is 6.10. The van der Waals surface area contributed by atoms with Gasteiger partial charge in [0, 0.05) is 0 Å². The maximum absolute atomic E-state index is 13.2. The molecule has 0 spiro atoms. The molecule has 0 aromatic heterocycles. The summed E-state index contributed by atoms with van der Waals surface area (Å²) in [5, 5.41) is 5.59. The molecule has 2 N–H and O–H groups in total. The highest BCUT2D eigenvalue weighted by Crippen LogP contribution is 2.36. The second kappa shape index (κ2) is 8.18. The fraction of sp³-hybridized carbons (Fsp3) is 0.375. The van der Waals surface area contributed by atoms with Gasteiger partial charge in [0.25, 0.3) is 5.91 Å². The number of nitrogens with one attached hydrogen (secondary N) is 2. The van der Waals surface area contributed by atoms with Gasteiger partial charge >= 0.3 is 6.03 Å². The van der Waals surface area contributed by atoms with Gasteiger partial charge in [0.15, 0.2) is 11.5 Å². The standard InChI is InChI=1S/C24H27N3O5/c1-14-5-6-17(11-15(14)2)16(3)25-21(28)13-27-22(29)24(4,26-23(27)30)18-7-8-19-20(12-18)32-10-9-31-19/h5-8,11-12,16H,9-10,13H2,1-4H3,(H,25,28)(H,26,30). The number of nitrogens with zero attached hydrogens (tertiary/aromatic N) is 1. The maximum Gasteiger partial charge on any atom is 0.325 e. The first-order valence-electron chi connectivity index (χ1n) is 10.6. The summed E-state index contributed by atoms with van der Waals surface area (Å²) in [7, 11) is 0. The van der Waals surface area contributed by atoms with E-state index in [9.17, 15) is 14.4 Å². The lowest BCUT2D eigenvalue weighted by Crippen LogP contribution is -2.43. The third kappa shape index (κ3) is 3.88. The molecule has 4 rings (SSSR count). The summed E-state index contributed by atoms with van der Waals surface area (Å²) in [4.78, 5) is 39.4. The Morgan fingerprint density at radius 3 is 2.53 bits per heavy atom. The van der Waals surface area contributed by atoms with Crippen LogP contribution in [0.2, 0.25) is 0 Å². The van der Waals surface area contributed by atoms with Crippen LogP contribution in [0.3, 0.4) is 0 Å². The van der Waals surface area contributed by atoms with Gasteiger partial charge in [-0.1, -0.05) is 24.3 Å². The van der Waals surface area contributed by atoms with Crippen LogP contribution in [0, 0.1) is 13.8 Å². The molecule has 2 heterocycles. The third-order valence-electron chi connectivity index (χ3n) is 6.10. The molecule has 32 heavy (non-hydrogen) atoms. The lowest BCUT2D eigenvalue weighted by atomic mass is 9.91. The maximum atomic E-state index is 13.2. The summed E-state index contributed by atoms with van der Waals surface area (Å²) in [5.74, 6) is 0.214. The number of carbonyl (C=O) groups is 3. The van der Waals surface area contributed by atoms with Crippen molar-refractivity contribution in [2.45, 2.75) is 39.3 Å². The van der Waals surface area contributed by atoms with Gasteiger partial charge in [0.05, 0.1) is 6.04 Å². The number of benzene rings is 2. The number of ether oxygens (including phenoxy) is 2. The monoisotopic (exact) mass is 437 g/mol. The lowest BCUT2D eigenvalue weighted by Gasteiger charge is -2.25. The van der Waals surface area contributed by atoms with E-state index >= 15 is 0 Å². The minimum atomic E-state index is -1.30. The van der Waals surface area contributed by atoms with Gasteiger partial charge in [0.2, 0.25) is 5.91 Å². The number of imide groups is 1. The van der Waals surface area contributed by atoms with Crippen LogP contribution in [0.15, 0.2) is 36.4 Å². The van der Waals surface area contributed by atoms with Crippen molar-refractivity contribution in [1.29, 1.82) is 0 Å². The van der Waals surface area contributed by atoms with E-state index in [1.165, 1.54) is 5.56 Å². The highest BCUT2D eigenvalue weighted by Gasteiger charge is 2.49. The molecule has 8 nitrogen and oxygen atoms in total. The lowest BCUT2D eigenvalue weighted by molar-refractivity contribution is -0.135. The van der Waals surface area contributed by atoms with Crippen molar-refractivity contribution in [3.63, 3.8) is 0 Å². The van der Waals surface area contributed by atoms with E-state index in [2.05, 4.69) is 10.6 Å². The van der Waals surface area contributed by atoms with Gasteiger partial charge in [-0.3, -0.25) is 14.5 Å². The highest BCUT2D eigenvalue weighted by atomic mass is 16.6. The number of amides is 4. The van der Waals surface area contributed by atoms with Crippen molar-refractivity contribution >= 4 is 17.8 Å². The normalized spacial score (nSPS) is 20.7. The number of hydrogen-bond acceptors (Lipinski definition) is 5. The van der Waals surface area contributed by atoms with Gasteiger partial charge in [-0.2, -0.15) is 0 Å².